The molecular formula is C20H18N2O6. The Morgan fingerprint density at radius 1 is 1.07 bits per heavy atom. The molecular weight excluding hydrogens is 364 g/mol. The highest BCUT2D eigenvalue weighted by Gasteiger charge is 2.32. The summed E-state index contributed by atoms with van der Waals surface area (Å²) < 4.78 is 0. The molecule has 0 aliphatic heterocycles. The van der Waals surface area contributed by atoms with Crippen molar-refractivity contribution in [1.82, 2.24) is 0 Å². The van der Waals surface area contributed by atoms with E-state index in [4.69, 9.17) is 5.11 Å². The number of carbonyl (C=O) groups excluding carboxylic acids is 2. The van der Waals surface area contributed by atoms with Crippen LogP contribution in [-0.2, 0) is 9.59 Å². The van der Waals surface area contributed by atoms with E-state index in [0.29, 0.717) is 16.8 Å². The number of nitroso groups, excluding NO2 is 1. The van der Waals surface area contributed by atoms with Crippen LogP contribution in [0.5, 0.6) is 0 Å². The first-order valence-corrected chi connectivity index (χ1v) is 8.73. The van der Waals surface area contributed by atoms with Crippen LogP contribution in [0, 0.1) is 4.91 Å². The second-order valence-electron chi connectivity index (χ2n) is 6.50. The van der Waals surface area contributed by atoms with Crippen molar-refractivity contribution in [2.45, 2.75) is 25.2 Å². The monoisotopic (exact) mass is 382 g/mol. The molecule has 8 nitrogen and oxygen atoms in total. The number of rotatable bonds is 7. The molecule has 0 radical (unpaired) electrons. The molecule has 2 amide bonds. The highest BCUT2D eigenvalue weighted by Crippen LogP contribution is 2.47. The summed E-state index contributed by atoms with van der Waals surface area (Å²) >= 11 is 0. The van der Waals surface area contributed by atoms with Gasteiger partial charge in [0.2, 0.25) is 5.91 Å². The average Bonchev–Trinajstić information content (AvgIpc) is 2.99. The lowest BCUT2D eigenvalue weighted by atomic mass is 9.96. The van der Waals surface area contributed by atoms with Crippen LogP contribution in [0.2, 0.25) is 0 Å². The van der Waals surface area contributed by atoms with Crippen molar-refractivity contribution < 1.29 is 24.6 Å². The largest absolute Gasteiger partial charge is 0.481 e. The molecule has 2 aromatic rings. The fourth-order valence-electron chi connectivity index (χ4n) is 3.53. The van der Waals surface area contributed by atoms with Gasteiger partial charge < -0.3 is 15.5 Å². The Labute approximate surface area is 160 Å². The lowest BCUT2D eigenvalue weighted by Crippen LogP contribution is -2.12. The van der Waals surface area contributed by atoms with Crippen LogP contribution in [0.25, 0.3) is 11.1 Å². The van der Waals surface area contributed by atoms with Gasteiger partial charge in [-0.25, -0.2) is 0 Å². The van der Waals surface area contributed by atoms with Gasteiger partial charge in [0.1, 0.15) is 0 Å². The molecule has 3 N–H and O–H groups in total. The Kier molecular flexibility index (Phi) is 5.60. The van der Waals surface area contributed by atoms with Crippen molar-refractivity contribution in [3.05, 3.63) is 58.0 Å². The van der Waals surface area contributed by atoms with Crippen molar-refractivity contribution in [2.24, 2.45) is 5.18 Å². The maximum Gasteiger partial charge on any atom is 0.317 e. The molecule has 0 spiro atoms. The zero-order chi connectivity index (χ0) is 20.3. The number of nitrogens with one attached hydrogen (secondary N) is 1. The van der Waals surface area contributed by atoms with Crippen LogP contribution in [0.4, 0.5) is 5.69 Å². The second-order valence-corrected chi connectivity index (χ2v) is 6.50. The number of carbonyl (C=O) groups is 3. The topological polar surface area (TPSA) is 133 Å². The maximum atomic E-state index is 12.0. The lowest BCUT2D eigenvalue weighted by molar-refractivity contribution is -0.137. The number of aliphatic carboxylic acids is 1. The summed E-state index contributed by atoms with van der Waals surface area (Å²) in [7, 11) is 0. The third kappa shape index (κ3) is 3.67. The summed E-state index contributed by atoms with van der Waals surface area (Å²) in [4.78, 5) is 45.2. The molecule has 1 atom stereocenters. The van der Waals surface area contributed by atoms with Gasteiger partial charge in [-0.1, -0.05) is 18.2 Å². The third-order valence-corrected chi connectivity index (χ3v) is 4.74. The third-order valence-electron chi connectivity index (χ3n) is 4.74. The molecule has 28 heavy (non-hydrogen) atoms. The van der Waals surface area contributed by atoms with E-state index < -0.39 is 17.8 Å². The molecule has 0 heterocycles. The van der Waals surface area contributed by atoms with Gasteiger partial charge in [-0.2, -0.15) is 0 Å². The minimum absolute atomic E-state index is 0.0801. The fraction of sp³-hybridized carbons (Fsp3) is 0.250. The Bertz CT molecular complexity index is 969. The molecule has 0 aromatic heterocycles. The van der Waals surface area contributed by atoms with Gasteiger partial charge in [0, 0.05) is 29.6 Å². The second kappa shape index (κ2) is 8.10. The minimum atomic E-state index is -0.955. The number of nitrogens with zero attached hydrogens (tertiary/aromatic N) is 1. The van der Waals surface area contributed by atoms with Crippen molar-refractivity contribution >= 4 is 23.5 Å². The average molecular weight is 382 g/mol. The Morgan fingerprint density at radius 2 is 1.86 bits per heavy atom. The summed E-state index contributed by atoms with van der Waals surface area (Å²) in [6.07, 6.45) is 0.235. The molecule has 144 valence electrons. The van der Waals surface area contributed by atoms with Crippen LogP contribution in [0.15, 0.2) is 41.6 Å². The van der Waals surface area contributed by atoms with E-state index in [2.05, 4.69) is 10.5 Å². The number of hydrogen-bond acceptors (Lipinski definition) is 5. The Morgan fingerprint density at radius 3 is 2.54 bits per heavy atom. The summed E-state index contributed by atoms with van der Waals surface area (Å²) in [6.45, 7) is -0.206. The predicted octanol–water partition coefficient (Wildman–Crippen LogP) is 2.89. The summed E-state index contributed by atoms with van der Waals surface area (Å²) in [5.41, 5.74) is 3.40. The van der Waals surface area contributed by atoms with Crippen molar-refractivity contribution in [1.29, 1.82) is 0 Å². The molecule has 0 bridgehead atoms. The Balaban J connectivity index is 1.90. The van der Waals surface area contributed by atoms with Gasteiger partial charge in [-0.05, 0) is 46.9 Å². The molecule has 0 fully saturated rings. The number of benzene rings is 2. The number of aliphatic hydroxyl groups excluding tert-OH is 1. The minimum Gasteiger partial charge on any atom is -0.481 e. The molecule has 2 aromatic carbocycles. The number of aliphatic hydroxyl groups is 1. The van der Waals surface area contributed by atoms with E-state index in [1.807, 2.05) is 0 Å². The zero-order valence-corrected chi connectivity index (χ0v) is 14.8. The molecule has 0 saturated heterocycles. The van der Waals surface area contributed by atoms with Crippen molar-refractivity contribution in [3.63, 3.8) is 0 Å². The molecule has 0 saturated carbocycles. The van der Waals surface area contributed by atoms with Crippen LogP contribution >= 0.6 is 0 Å². The molecule has 1 unspecified atom stereocenters. The van der Waals surface area contributed by atoms with Gasteiger partial charge >= 0.3 is 11.9 Å². The molecule has 8 heteroatoms. The summed E-state index contributed by atoms with van der Waals surface area (Å²) in [6, 6.07) is 10.0. The molecule has 1 aliphatic rings. The van der Waals surface area contributed by atoms with E-state index in [1.54, 1.807) is 30.3 Å². The fourth-order valence-corrected chi connectivity index (χ4v) is 3.53. The highest BCUT2D eigenvalue weighted by atomic mass is 16.4. The van der Waals surface area contributed by atoms with Gasteiger partial charge in [-0.3, -0.25) is 14.4 Å². The number of anilines is 1. The van der Waals surface area contributed by atoms with Crippen LogP contribution in [0.3, 0.4) is 0 Å². The SMILES string of the molecule is O=NC(=O)c1cccc2c1-c1ccc(NC(=O)CCCC(=O)O)cc1C2CO. The predicted molar refractivity (Wildman–Crippen MR) is 101 cm³/mol. The van der Waals surface area contributed by atoms with E-state index >= 15 is 0 Å². The van der Waals surface area contributed by atoms with Crippen molar-refractivity contribution in [3.8, 4) is 11.1 Å². The number of hydrogen-bond donors (Lipinski definition) is 3. The number of amides is 2. The lowest BCUT2D eigenvalue weighted by Gasteiger charge is -2.12. The maximum absolute atomic E-state index is 12.0. The highest BCUT2D eigenvalue weighted by molar-refractivity contribution is 6.04. The van der Waals surface area contributed by atoms with Gasteiger partial charge in [0.25, 0.3) is 0 Å². The summed E-state index contributed by atoms with van der Waals surface area (Å²) in [5.74, 6) is -2.53. The molecule has 3 rings (SSSR count). The Hall–Kier alpha value is -3.39. The number of carboxylic acid groups (broad SMARTS) is 1. The van der Waals surface area contributed by atoms with Crippen LogP contribution < -0.4 is 5.32 Å². The van der Waals surface area contributed by atoms with E-state index in [9.17, 15) is 24.4 Å². The van der Waals surface area contributed by atoms with E-state index in [1.165, 1.54) is 6.07 Å². The first kappa shape index (κ1) is 19.4. The summed E-state index contributed by atoms with van der Waals surface area (Å²) in [5, 5.41) is 23.7. The standard InChI is InChI=1S/C20H18N2O6/c23-10-16-12-3-1-4-14(20(27)22-28)19(12)13-8-7-11(9-15(13)16)21-17(24)5-2-6-18(25)26/h1,3-4,7-9,16,23H,2,5-6,10H2,(H,21,24)(H,25,26). The van der Waals surface area contributed by atoms with E-state index in [-0.39, 0.29) is 37.3 Å². The number of carboxylic acids is 1. The van der Waals surface area contributed by atoms with Crippen molar-refractivity contribution in [2.75, 3.05) is 11.9 Å². The smallest absolute Gasteiger partial charge is 0.317 e. The van der Waals surface area contributed by atoms with Gasteiger partial charge in [0.05, 0.1) is 12.2 Å². The van der Waals surface area contributed by atoms with Crippen LogP contribution in [0.1, 0.15) is 46.7 Å². The van der Waals surface area contributed by atoms with E-state index in [0.717, 1.165) is 11.1 Å². The van der Waals surface area contributed by atoms with Crippen LogP contribution in [-0.4, -0.2) is 34.6 Å². The zero-order valence-electron chi connectivity index (χ0n) is 14.8. The normalized spacial score (nSPS) is 14.1. The quantitative estimate of drug-likeness (QED) is 0.631. The first-order valence-electron chi connectivity index (χ1n) is 8.73. The molecule has 1 aliphatic carbocycles. The van der Waals surface area contributed by atoms with Gasteiger partial charge in [-0.15, -0.1) is 4.91 Å². The first-order chi connectivity index (χ1) is 13.5. The number of fused-ring (bicyclic) bond motifs is 3. The van der Waals surface area contributed by atoms with Gasteiger partial charge in [0.15, 0.2) is 0 Å².